The molecule has 0 radical (unpaired) electrons. The number of ether oxygens (including phenoxy) is 1. The topological polar surface area (TPSA) is 45.0 Å². The normalized spacial score (nSPS) is 18.5. The van der Waals surface area contributed by atoms with Crippen molar-refractivity contribution in [3.8, 4) is 11.8 Å². The lowest BCUT2D eigenvalue weighted by atomic mass is 10.0. The predicted molar refractivity (Wildman–Crippen MR) is 68.1 cm³/mol. The zero-order valence-electron chi connectivity index (χ0n) is 9.94. The molecule has 3 nitrogen and oxygen atoms in total. The molecule has 0 spiro atoms. The van der Waals surface area contributed by atoms with E-state index in [2.05, 4.69) is 23.5 Å². The van der Waals surface area contributed by atoms with Crippen molar-refractivity contribution in [2.75, 3.05) is 12.4 Å². The molecule has 1 aromatic carbocycles. The lowest BCUT2D eigenvalue weighted by Crippen LogP contribution is -2.18. The van der Waals surface area contributed by atoms with E-state index < -0.39 is 0 Å². The van der Waals surface area contributed by atoms with Crippen LogP contribution in [0.4, 0.5) is 5.69 Å². The first kappa shape index (κ1) is 11.5. The summed E-state index contributed by atoms with van der Waals surface area (Å²) in [7, 11) is 1.62. The van der Waals surface area contributed by atoms with E-state index in [1.165, 1.54) is 12.8 Å². The SMILES string of the molecule is COc1cc(C#N)ccc1NC1C=CCCC1. The van der Waals surface area contributed by atoms with Gasteiger partial charge in [0.2, 0.25) is 0 Å². The molecule has 0 saturated carbocycles. The molecule has 2 rings (SSSR count). The lowest BCUT2D eigenvalue weighted by Gasteiger charge is -2.20. The molecule has 0 amide bonds. The van der Waals surface area contributed by atoms with Crippen LogP contribution in [-0.2, 0) is 0 Å². The minimum Gasteiger partial charge on any atom is -0.495 e. The molecule has 1 unspecified atom stereocenters. The van der Waals surface area contributed by atoms with Gasteiger partial charge in [0.15, 0.2) is 0 Å². The van der Waals surface area contributed by atoms with Crippen LogP contribution < -0.4 is 10.1 Å². The Morgan fingerprint density at radius 3 is 3.00 bits per heavy atom. The Labute approximate surface area is 102 Å². The number of methoxy groups -OCH3 is 1. The molecule has 3 heteroatoms. The number of nitrogens with zero attached hydrogens (tertiary/aromatic N) is 1. The van der Waals surface area contributed by atoms with E-state index >= 15 is 0 Å². The second-order valence-electron chi connectivity index (χ2n) is 4.14. The van der Waals surface area contributed by atoms with Crippen molar-refractivity contribution < 1.29 is 4.74 Å². The van der Waals surface area contributed by atoms with Crippen molar-refractivity contribution in [2.24, 2.45) is 0 Å². The van der Waals surface area contributed by atoms with Gasteiger partial charge in [0, 0.05) is 12.1 Å². The van der Waals surface area contributed by atoms with Crippen LogP contribution in [0.3, 0.4) is 0 Å². The standard InChI is InChI=1S/C14H16N2O/c1-17-14-9-11(10-15)7-8-13(14)16-12-5-3-2-4-6-12/h3,5,7-9,12,16H,2,4,6H2,1H3. The molecule has 17 heavy (non-hydrogen) atoms. The molecule has 1 aliphatic rings. The van der Waals surface area contributed by atoms with Crippen molar-refractivity contribution in [1.82, 2.24) is 0 Å². The summed E-state index contributed by atoms with van der Waals surface area (Å²) < 4.78 is 5.29. The molecule has 0 saturated heterocycles. The largest absolute Gasteiger partial charge is 0.495 e. The quantitative estimate of drug-likeness (QED) is 0.808. The summed E-state index contributed by atoms with van der Waals surface area (Å²) in [5.41, 5.74) is 1.56. The number of anilines is 1. The van der Waals surface area contributed by atoms with Crippen molar-refractivity contribution in [3.63, 3.8) is 0 Å². The summed E-state index contributed by atoms with van der Waals surface area (Å²) in [5, 5.41) is 12.3. The van der Waals surface area contributed by atoms with Crippen molar-refractivity contribution >= 4 is 5.69 Å². The van der Waals surface area contributed by atoms with Gasteiger partial charge >= 0.3 is 0 Å². The summed E-state index contributed by atoms with van der Waals surface area (Å²) in [5.74, 6) is 0.725. The minimum atomic E-state index is 0.366. The first-order valence-corrected chi connectivity index (χ1v) is 5.85. The molecule has 88 valence electrons. The Hall–Kier alpha value is -1.95. The Bertz CT molecular complexity index is 460. The highest BCUT2D eigenvalue weighted by Crippen LogP contribution is 2.27. The summed E-state index contributed by atoms with van der Waals surface area (Å²) in [6.45, 7) is 0. The third kappa shape index (κ3) is 2.79. The van der Waals surface area contributed by atoms with Crippen LogP contribution in [0, 0.1) is 11.3 Å². The first-order chi connectivity index (χ1) is 8.33. The Morgan fingerprint density at radius 2 is 2.35 bits per heavy atom. The van der Waals surface area contributed by atoms with Crippen molar-refractivity contribution in [1.29, 1.82) is 5.26 Å². The van der Waals surface area contributed by atoms with E-state index in [0.29, 0.717) is 11.6 Å². The highest BCUT2D eigenvalue weighted by atomic mass is 16.5. The second-order valence-corrected chi connectivity index (χ2v) is 4.14. The molecule has 0 aliphatic heterocycles. The third-order valence-corrected chi connectivity index (χ3v) is 2.93. The smallest absolute Gasteiger partial charge is 0.143 e. The van der Waals surface area contributed by atoms with E-state index in [-0.39, 0.29) is 0 Å². The highest BCUT2D eigenvalue weighted by Gasteiger charge is 2.11. The molecular formula is C14H16N2O. The molecule has 0 aromatic heterocycles. The fourth-order valence-corrected chi connectivity index (χ4v) is 2.01. The minimum absolute atomic E-state index is 0.366. The Morgan fingerprint density at radius 1 is 1.47 bits per heavy atom. The van der Waals surface area contributed by atoms with Crippen LogP contribution >= 0.6 is 0 Å². The summed E-state index contributed by atoms with van der Waals surface area (Å²) in [6, 6.07) is 7.94. The summed E-state index contributed by atoms with van der Waals surface area (Å²) in [4.78, 5) is 0. The third-order valence-electron chi connectivity index (χ3n) is 2.93. The van der Waals surface area contributed by atoms with Gasteiger partial charge in [0.1, 0.15) is 5.75 Å². The van der Waals surface area contributed by atoms with Gasteiger partial charge in [-0.05, 0) is 31.4 Å². The van der Waals surface area contributed by atoms with E-state index in [1.54, 1.807) is 19.2 Å². The van der Waals surface area contributed by atoms with Gasteiger partial charge in [0.05, 0.1) is 24.4 Å². The fraction of sp³-hybridized carbons (Fsp3) is 0.357. The number of allylic oxidation sites excluding steroid dienone is 1. The van der Waals surface area contributed by atoms with Gasteiger partial charge < -0.3 is 10.1 Å². The van der Waals surface area contributed by atoms with Gasteiger partial charge in [0.25, 0.3) is 0 Å². The number of hydrogen-bond donors (Lipinski definition) is 1. The number of nitrogens with one attached hydrogen (secondary N) is 1. The number of rotatable bonds is 3. The van der Waals surface area contributed by atoms with Crippen molar-refractivity contribution in [3.05, 3.63) is 35.9 Å². The molecule has 1 atom stereocenters. The van der Waals surface area contributed by atoms with Gasteiger partial charge in [-0.2, -0.15) is 5.26 Å². The predicted octanol–water partition coefficient (Wildman–Crippen LogP) is 3.09. The van der Waals surface area contributed by atoms with E-state index in [4.69, 9.17) is 10.00 Å². The Kier molecular flexibility index (Phi) is 3.66. The van der Waals surface area contributed by atoms with Crippen LogP contribution in [0.2, 0.25) is 0 Å². The molecule has 1 aliphatic carbocycles. The average molecular weight is 228 g/mol. The summed E-state index contributed by atoms with van der Waals surface area (Å²) in [6.07, 6.45) is 7.92. The molecule has 0 heterocycles. The first-order valence-electron chi connectivity index (χ1n) is 5.85. The monoisotopic (exact) mass is 228 g/mol. The van der Waals surface area contributed by atoms with Crippen LogP contribution in [-0.4, -0.2) is 13.2 Å². The molecule has 0 fully saturated rings. The molecule has 1 N–H and O–H groups in total. The maximum atomic E-state index is 8.83. The van der Waals surface area contributed by atoms with Gasteiger partial charge in [-0.15, -0.1) is 0 Å². The number of hydrogen-bond acceptors (Lipinski definition) is 3. The second kappa shape index (κ2) is 5.40. The molecule has 0 bridgehead atoms. The lowest BCUT2D eigenvalue weighted by molar-refractivity contribution is 0.416. The maximum Gasteiger partial charge on any atom is 0.143 e. The van der Waals surface area contributed by atoms with Crippen LogP contribution in [0.1, 0.15) is 24.8 Å². The van der Waals surface area contributed by atoms with Crippen LogP contribution in [0.25, 0.3) is 0 Å². The zero-order chi connectivity index (χ0) is 12.1. The van der Waals surface area contributed by atoms with E-state index in [0.717, 1.165) is 17.9 Å². The van der Waals surface area contributed by atoms with Crippen LogP contribution in [0.5, 0.6) is 5.75 Å². The van der Waals surface area contributed by atoms with Gasteiger partial charge in [-0.3, -0.25) is 0 Å². The maximum absolute atomic E-state index is 8.83. The van der Waals surface area contributed by atoms with Crippen molar-refractivity contribution in [2.45, 2.75) is 25.3 Å². The Balaban J connectivity index is 2.17. The number of nitriles is 1. The molecule has 1 aromatic rings. The highest BCUT2D eigenvalue weighted by molar-refractivity contribution is 5.60. The number of benzene rings is 1. The zero-order valence-corrected chi connectivity index (χ0v) is 9.94. The van der Waals surface area contributed by atoms with E-state index in [1.807, 2.05) is 6.07 Å². The van der Waals surface area contributed by atoms with Gasteiger partial charge in [-0.1, -0.05) is 12.2 Å². The fourth-order valence-electron chi connectivity index (χ4n) is 2.01. The average Bonchev–Trinajstić information content (AvgIpc) is 2.40. The van der Waals surface area contributed by atoms with Gasteiger partial charge in [-0.25, -0.2) is 0 Å². The summed E-state index contributed by atoms with van der Waals surface area (Å²) >= 11 is 0. The van der Waals surface area contributed by atoms with Crippen LogP contribution in [0.15, 0.2) is 30.4 Å². The van der Waals surface area contributed by atoms with E-state index in [9.17, 15) is 0 Å². The molecular weight excluding hydrogens is 212 g/mol.